The summed E-state index contributed by atoms with van der Waals surface area (Å²) in [6.07, 6.45) is 4.82. The average Bonchev–Trinajstić information content (AvgIpc) is 3.09. The van der Waals surface area contributed by atoms with Crippen LogP contribution >= 0.6 is 0 Å². The highest BCUT2D eigenvalue weighted by atomic mass is 16.4. The predicted octanol–water partition coefficient (Wildman–Crippen LogP) is 5.10. The predicted molar refractivity (Wildman–Crippen MR) is 131 cm³/mol. The quantitative estimate of drug-likeness (QED) is 0.348. The average molecular weight is 447 g/mol. The molecular weight excluding hydrogens is 426 g/mol. The number of anilines is 2. The maximum atomic E-state index is 13.9. The lowest BCUT2D eigenvalue weighted by Gasteiger charge is -2.24. The summed E-state index contributed by atoms with van der Waals surface area (Å²) < 4.78 is 1.61. The highest BCUT2D eigenvalue weighted by Crippen LogP contribution is 2.37. The lowest BCUT2D eigenvalue weighted by Crippen LogP contribution is -2.28. The number of carbonyl (C=O) groups is 2. The summed E-state index contributed by atoms with van der Waals surface area (Å²) in [6.45, 7) is -0.211. The van der Waals surface area contributed by atoms with Crippen LogP contribution in [0.4, 0.5) is 11.4 Å². The number of para-hydroxylation sites is 3. The fourth-order valence-corrected chi connectivity index (χ4v) is 4.58. The van der Waals surface area contributed by atoms with Gasteiger partial charge in [-0.1, -0.05) is 54.6 Å². The van der Waals surface area contributed by atoms with Crippen LogP contribution in [0.3, 0.4) is 0 Å². The van der Waals surface area contributed by atoms with Crippen LogP contribution in [0.2, 0.25) is 0 Å². The number of carbonyl (C=O) groups excluding carboxylic acids is 1. The molecule has 0 saturated heterocycles. The number of aliphatic carboxylic acids is 1. The van der Waals surface area contributed by atoms with Gasteiger partial charge < -0.3 is 9.67 Å². The molecule has 0 atom stereocenters. The summed E-state index contributed by atoms with van der Waals surface area (Å²) in [7, 11) is 0. The van der Waals surface area contributed by atoms with Crippen LogP contribution in [-0.2, 0) is 29.0 Å². The van der Waals surface area contributed by atoms with E-state index in [-0.39, 0.29) is 12.1 Å². The Kier molecular flexibility index (Phi) is 5.44. The Morgan fingerprint density at radius 3 is 2.12 bits per heavy atom. The third-order valence-electron chi connectivity index (χ3n) is 6.11. The van der Waals surface area contributed by atoms with Crippen molar-refractivity contribution in [3.05, 3.63) is 101 Å². The molecular formula is C28H21N3O3. The van der Waals surface area contributed by atoms with Gasteiger partial charge in [-0.15, -0.1) is 0 Å². The third-order valence-corrected chi connectivity index (χ3v) is 6.11. The van der Waals surface area contributed by atoms with Gasteiger partial charge in [0.05, 0.1) is 11.4 Å². The van der Waals surface area contributed by atoms with Gasteiger partial charge in [-0.2, -0.15) is 5.26 Å². The molecule has 4 aromatic rings. The Labute approximate surface area is 196 Å². The zero-order valence-corrected chi connectivity index (χ0v) is 18.3. The van der Waals surface area contributed by atoms with Crippen LogP contribution in [0, 0.1) is 11.3 Å². The number of carboxylic acids is 1. The first-order valence-electron chi connectivity index (χ1n) is 11.0. The molecule has 0 radical (unpaired) electrons. The van der Waals surface area contributed by atoms with Crippen molar-refractivity contribution < 1.29 is 14.7 Å². The molecule has 5 rings (SSSR count). The molecule has 3 aromatic carbocycles. The number of nitriles is 1. The number of aryl methyl sites for hydroxylation is 2. The van der Waals surface area contributed by atoms with E-state index in [1.165, 1.54) is 0 Å². The molecule has 1 aliphatic rings. The number of nitrogens with zero attached hydrogens (tertiary/aromatic N) is 3. The van der Waals surface area contributed by atoms with Crippen LogP contribution in [-0.4, -0.2) is 21.6 Å². The Hall–Kier alpha value is -4.63. The summed E-state index contributed by atoms with van der Waals surface area (Å²) in [6, 6.07) is 25.0. The normalized spacial score (nSPS) is 13.0. The SMILES string of the molecule is N#CC(=Cc1cn(CC(=O)O)c2ccccc12)C(=O)N1c2ccccc2CCc2ccccc21. The van der Waals surface area contributed by atoms with Crippen molar-refractivity contribution >= 4 is 40.2 Å². The molecule has 0 aliphatic carbocycles. The third kappa shape index (κ3) is 3.74. The molecule has 2 heterocycles. The van der Waals surface area contributed by atoms with E-state index in [0.717, 1.165) is 46.2 Å². The number of hydrogen-bond donors (Lipinski definition) is 1. The molecule has 1 N–H and O–H groups in total. The van der Waals surface area contributed by atoms with Gasteiger partial charge in [-0.25, -0.2) is 0 Å². The molecule has 6 nitrogen and oxygen atoms in total. The topological polar surface area (TPSA) is 86.3 Å². The van der Waals surface area contributed by atoms with Gasteiger partial charge in [0, 0.05) is 22.7 Å². The molecule has 34 heavy (non-hydrogen) atoms. The largest absolute Gasteiger partial charge is 0.480 e. The van der Waals surface area contributed by atoms with Crippen molar-refractivity contribution in [2.75, 3.05) is 4.90 Å². The van der Waals surface area contributed by atoms with Crippen molar-refractivity contribution in [3.63, 3.8) is 0 Å². The zero-order chi connectivity index (χ0) is 23.7. The number of hydrogen-bond acceptors (Lipinski definition) is 3. The van der Waals surface area contributed by atoms with E-state index in [4.69, 9.17) is 0 Å². The standard InChI is InChI=1S/C28H21N3O3/c29-16-21(15-22-17-30(18-27(32)33)26-12-6-3-9-23(22)26)28(34)31-24-10-4-1-7-19(24)13-14-20-8-2-5-11-25(20)31/h1-12,15,17H,13-14,18H2,(H,32,33). The van der Waals surface area contributed by atoms with Gasteiger partial charge in [-0.3, -0.25) is 14.5 Å². The number of amides is 1. The van der Waals surface area contributed by atoms with Gasteiger partial charge in [0.15, 0.2) is 0 Å². The summed E-state index contributed by atoms with van der Waals surface area (Å²) in [4.78, 5) is 26.8. The Morgan fingerprint density at radius 2 is 1.50 bits per heavy atom. The van der Waals surface area contributed by atoms with E-state index in [0.29, 0.717) is 5.56 Å². The minimum atomic E-state index is -0.967. The van der Waals surface area contributed by atoms with E-state index in [9.17, 15) is 20.0 Å². The number of benzene rings is 3. The van der Waals surface area contributed by atoms with Crippen molar-refractivity contribution in [2.24, 2.45) is 0 Å². The molecule has 0 bridgehead atoms. The molecule has 1 amide bonds. The zero-order valence-electron chi connectivity index (χ0n) is 18.3. The fraction of sp³-hybridized carbons (Fsp3) is 0.107. The van der Waals surface area contributed by atoms with E-state index in [1.807, 2.05) is 72.8 Å². The Morgan fingerprint density at radius 1 is 0.912 bits per heavy atom. The molecule has 1 aromatic heterocycles. The van der Waals surface area contributed by atoms with Crippen LogP contribution < -0.4 is 4.90 Å². The lowest BCUT2D eigenvalue weighted by atomic mass is 10.0. The first-order valence-corrected chi connectivity index (χ1v) is 11.0. The van der Waals surface area contributed by atoms with E-state index >= 15 is 0 Å². The number of carboxylic acid groups (broad SMARTS) is 1. The van der Waals surface area contributed by atoms with E-state index in [2.05, 4.69) is 6.07 Å². The van der Waals surface area contributed by atoms with Crippen molar-refractivity contribution in [3.8, 4) is 6.07 Å². The van der Waals surface area contributed by atoms with Crippen LogP contribution in [0.25, 0.3) is 17.0 Å². The lowest BCUT2D eigenvalue weighted by molar-refractivity contribution is -0.137. The molecule has 0 spiro atoms. The van der Waals surface area contributed by atoms with Gasteiger partial charge in [-0.05, 0) is 48.2 Å². The molecule has 1 aliphatic heterocycles. The molecule has 166 valence electrons. The van der Waals surface area contributed by atoms with Gasteiger partial charge in [0.25, 0.3) is 5.91 Å². The van der Waals surface area contributed by atoms with Gasteiger partial charge in [0.2, 0.25) is 0 Å². The van der Waals surface area contributed by atoms with Gasteiger partial charge in [0.1, 0.15) is 18.2 Å². The van der Waals surface area contributed by atoms with Crippen LogP contribution in [0.1, 0.15) is 16.7 Å². The minimum absolute atomic E-state index is 0.0234. The van der Waals surface area contributed by atoms with Crippen molar-refractivity contribution in [2.45, 2.75) is 19.4 Å². The van der Waals surface area contributed by atoms with E-state index < -0.39 is 11.9 Å². The maximum absolute atomic E-state index is 13.9. The molecule has 0 unspecified atom stereocenters. The first-order chi connectivity index (χ1) is 16.6. The fourth-order valence-electron chi connectivity index (χ4n) is 4.58. The van der Waals surface area contributed by atoms with Crippen molar-refractivity contribution in [1.82, 2.24) is 4.57 Å². The highest BCUT2D eigenvalue weighted by molar-refractivity contribution is 6.16. The smallest absolute Gasteiger partial charge is 0.323 e. The molecule has 6 heteroatoms. The summed E-state index contributed by atoms with van der Waals surface area (Å²) in [5.41, 5.74) is 4.96. The number of fused-ring (bicyclic) bond motifs is 3. The number of rotatable bonds is 4. The molecule has 0 saturated carbocycles. The van der Waals surface area contributed by atoms with Crippen LogP contribution in [0.5, 0.6) is 0 Å². The number of aromatic nitrogens is 1. The van der Waals surface area contributed by atoms with E-state index in [1.54, 1.807) is 21.7 Å². The summed E-state index contributed by atoms with van der Waals surface area (Å²) >= 11 is 0. The second kappa shape index (κ2) is 8.72. The summed E-state index contributed by atoms with van der Waals surface area (Å²) in [5, 5.41) is 20.1. The Balaban J connectivity index is 1.65. The maximum Gasteiger partial charge on any atom is 0.323 e. The molecule has 0 fully saturated rings. The summed E-state index contributed by atoms with van der Waals surface area (Å²) in [5.74, 6) is -1.38. The van der Waals surface area contributed by atoms with Gasteiger partial charge >= 0.3 is 5.97 Å². The minimum Gasteiger partial charge on any atom is -0.480 e. The van der Waals surface area contributed by atoms with Crippen LogP contribution in [0.15, 0.2) is 84.6 Å². The second-order valence-corrected chi connectivity index (χ2v) is 8.19. The van der Waals surface area contributed by atoms with Crippen molar-refractivity contribution in [1.29, 1.82) is 5.26 Å². The Bertz CT molecular complexity index is 1460. The second-order valence-electron chi connectivity index (χ2n) is 8.19. The highest BCUT2D eigenvalue weighted by Gasteiger charge is 2.28. The monoisotopic (exact) mass is 447 g/mol. The first kappa shape index (κ1) is 21.2.